The molecule has 3 rings (SSSR count). The largest absolute Gasteiger partial charge is 0.370 e. The van der Waals surface area contributed by atoms with Gasteiger partial charge in [-0.1, -0.05) is 23.7 Å². The highest BCUT2D eigenvalue weighted by Gasteiger charge is 2.16. The van der Waals surface area contributed by atoms with Crippen LogP contribution in [0, 0.1) is 0 Å². The van der Waals surface area contributed by atoms with Gasteiger partial charge in [0.15, 0.2) is 5.96 Å². The molecule has 0 amide bonds. The number of hydrogen-bond acceptors (Lipinski definition) is 3. The number of nitrogens with zero attached hydrogens (tertiary/aromatic N) is 4. The lowest BCUT2D eigenvalue weighted by molar-refractivity contribution is 0.451. The van der Waals surface area contributed by atoms with E-state index in [0.717, 1.165) is 35.2 Å². The second-order valence-corrected chi connectivity index (χ2v) is 7.01. The molecule has 0 spiro atoms. The fourth-order valence-electron chi connectivity index (χ4n) is 2.56. The van der Waals surface area contributed by atoms with Crippen LogP contribution in [0.15, 0.2) is 47.7 Å². The highest BCUT2D eigenvalue weighted by Crippen LogP contribution is 2.20. The SMILES string of the molecule is I.NC(=NCC(c1ccc(Cl)cc1)n1cccn1)N1CCSCC1. The predicted molar refractivity (Wildman–Crippen MR) is 113 cm³/mol. The van der Waals surface area contributed by atoms with Crippen LogP contribution >= 0.6 is 47.3 Å². The minimum absolute atomic E-state index is 0. The lowest BCUT2D eigenvalue weighted by Crippen LogP contribution is -2.43. The van der Waals surface area contributed by atoms with E-state index in [9.17, 15) is 0 Å². The maximum Gasteiger partial charge on any atom is 0.191 e. The van der Waals surface area contributed by atoms with Gasteiger partial charge in [0.25, 0.3) is 0 Å². The molecule has 2 aromatic rings. The van der Waals surface area contributed by atoms with E-state index in [4.69, 9.17) is 17.3 Å². The molecule has 0 aliphatic carbocycles. The summed E-state index contributed by atoms with van der Waals surface area (Å²) >= 11 is 7.95. The van der Waals surface area contributed by atoms with E-state index in [-0.39, 0.29) is 30.0 Å². The summed E-state index contributed by atoms with van der Waals surface area (Å²) in [6.45, 7) is 2.49. The van der Waals surface area contributed by atoms with E-state index < -0.39 is 0 Å². The molecular formula is C16H21ClIN5S. The molecule has 1 aliphatic rings. The van der Waals surface area contributed by atoms with E-state index in [1.54, 1.807) is 6.20 Å². The van der Waals surface area contributed by atoms with Crippen molar-refractivity contribution in [3.05, 3.63) is 53.3 Å². The average Bonchev–Trinajstić information content (AvgIpc) is 3.11. The van der Waals surface area contributed by atoms with Gasteiger partial charge in [0, 0.05) is 42.0 Å². The number of thioether (sulfide) groups is 1. The maximum absolute atomic E-state index is 6.17. The Morgan fingerprint density at radius 2 is 2.00 bits per heavy atom. The zero-order chi connectivity index (χ0) is 16.1. The zero-order valence-corrected chi connectivity index (χ0v) is 17.1. The number of halogens is 2. The van der Waals surface area contributed by atoms with E-state index in [1.165, 1.54) is 0 Å². The number of nitrogens with two attached hydrogens (primary N) is 1. The van der Waals surface area contributed by atoms with Crippen LogP contribution in [0.5, 0.6) is 0 Å². The molecule has 1 aromatic heterocycles. The fraction of sp³-hybridized carbons (Fsp3) is 0.375. The highest BCUT2D eigenvalue weighted by atomic mass is 127. The van der Waals surface area contributed by atoms with Crippen LogP contribution in [-0.4, -0.2) is 51.8 Å². The molecule has 130 valence electrons. The first-order valence-electron chi connectivity index (χ1n) is 7.61. The number of hydrogen-bond donors (Lipinski definition) is 1. The molecular weight excluding hydrogens is 457 g/mol. The molecule has 2 N–H and O–H groups in total. The molecule has 0 radical (unpaired) electrons. The van der Waals surface area contributed by atoms with Gasteiger partial charge in [0.1, 0.15) is 0 Å². The lowest BCUT2D eigenvalue weighted by atomic mass is 10.1. The Morgan fingerprint density at radius 3 is 2.62 bits per heavy atom. The first kappa shape index (κ1) is 19.4. The van der Waals surface area contributed by atoms with Gasteiger partial charge in [0.2, 0.25) is 0 Å². The molecule has 0 bridgehead atoms. The minimum Gasteiger partial charge on any atom is -0.370 e. The normalized spacial score (nSPS) is 16.5. The van der Waals surface area contributed by atoms with Gasteiger partial charge < -0.3 is 10.6 Å². The van der Waals surface area contributed by atoms with Gasteiger partial charge in [-0.3, -0.25) is 9.67 Å². The Balaban J connectivity index is 0.00000208. The van der Waals surface area contributed by atoms with E-state index in [0.29, 0.717) is 12.5 Å². The Kier molecular flexibility index (Phi) is 7.70. The fourth-order valence-corrected chi connectivity index (χ4v) is 3.59. The third-order valence-electron chi connectivity index (χ3n) is 3.86. The maximum atomic E-state index is 6.17. The predicted octanol–water partition coefficient (Wildman–Crippen LogP) is 3.11. The standard InChI is InChI=1S/C16H20ClN5S.HI/c17-14-4-2-13(3-5-14)15(22-7-1-6-20-22)12-19-16(18)21-8-10-23-11-9-21;/h1-7,15H,8-12H2,(H2,18,19);1H. The van der Waals surface area contributed by atoms with Crippen LogP contribution < -0.4 is 5.73 Å². The van der Waals surface area contributed by atoms with Crippen LogP contribution in [0.2, 0.25) is 5.02 Å². The highest BCUT2D eigenvalue weighted by molar-refractivity contribution is 14.0. The molecule has 2 heterocycles. The number of benzene rings is 1. The molecule has 8 heteroatoms. The van der Waals surface area contributed by atoms with Crippen molar-refractivity contribution in [2.24, 2.45) is 10.7 Å². The molecule has 1 atom stereocenters. The molecule has 1 fully saturated rings. The van der Waals surface area contributed by atoms with E-state index in [2.05, 4.69) is 15.0 Å². The van der Waals surface area contributed by atoms with Gasteiger partial charge in [-0.05, 0) is 23.8 Å². The topological polar surface area (TPSA) is 59.4 Å². The Bertz CT molecular complexity index is 641. The Morgan fingerprint density at radius 1 is 1.29 bits per heavy atom. The molecule has 0 saturated carbocycles. The second kappa shape index (κ2) is 9.53. The average molecular weight is 478 g/mol. The third kappa shape index (κ3) is 5.03. The van der Waals surface area contributed by atoms with Gasteiger partial charge >= 0.3 is 0 Å². The van der Waals surface area contributed by atoms with Crippen LogP contribution in [0.4, 0.5) is 0 Å². The summed E-state index contributed by atoms with van der Waals surface area (Å²) in [5.74, 6) is 2.84. The summed E-state index contributed by atoms with van der Waals surface area (Å²) in [6, 6.07) is 9.73. The minimum atomic E-state index is 0. The van der Waals surface area contributed by atoms with Gasteiger partial charge in [-0.2, -0.15) is 16.9 Å². The van der Waals surface area contributed by atoms with Crippen molar-refractivity contribution in [3.63, 3.8) is 0 Å². The van der Waals surface area contributed by atoms with Crippen LogP contribution in [0.1, 0.15) is 11.6 Å². The van der Waals surface area contributed by atoms with Crippen molar-refractivity contribution < 1.29 is 0 Å². The zero-order valence-electron chi connectivity index (χ0n) is 13.2. The molecule has 1 aliphatic heterocycles. The molecule has 24 heavy (non-hydrogen) atoms. The first-order valence-corrected chi connectivity index (χ1v) is 9.14. The molecule has 1 unspecified atom stereocenters. The molecule has 5 nitrogen and oxygen atoms in total. The van der Waals surface area contributed by atoms with Crippen molar-refractivity contribution in [2.75, 3.05) is 31.1 Å². The van der Waals surface area contributed by atoms with Crippen molar-refractivity contribution in [1.82, 2.24) is 14.7 Å². The van der Waals surface area contributed by atoms with Crippen molar-refractivity contribution in [1.29, 1.82) is 0 Å². The van der Waals surface area contributed by atoms with Gasteiger partial charge in [0.05, 0.1) is 12.6 Å². The summed E-state index contributed by atoms with van der Waals surface area (Å²) in [5.41, 5.74) is 7.28. The summed E-state index contributed by atoms with van der Waals surface area (Å²) in [7, 11) is 0. The summed E-state index contributed by atoms with van der Waals surface area (Å²) in [4.78, 5) is 6.77. The Hall–Kier alpha value is -0.930. The van der Waals surface area contributed by atoms with Crippen LogP contribution in [0.3, 0.4) is 0 Å². The molecule has 1 aromatic carbocycles. The summed E-state index contributed by atoms with van der Waals surface area (Å²) in [5, 5.41) is 5.09. The quantitative estimate of drug-likeness (QED) is 0.418. The smallest absolute Gasteiger partial charge is 0.191 e. The molecule has 1 saturated heterocycles. The first-order chi connectivity index (χ1) is 11.2. The van der Waals surface area contributed by atoms with Crippen molar-refractivity contribution in [2.45, 2.75) is 6.04 Å². The number of rotatable bonds is 4. The number of guanidine groups is 1. The number of aromatic nitrogens is 2. The summed E-state index contributed by atoms with van der Waals surface area (Å²) < 4.78 is 1.91. The van der Waals surface area contributed by atoms with Crippen molar-refractivity contribution in [3.8, 4) is 0 Å². The van der Waals surface area contributed by atoms with E-state index in [1.807, 2.05) is 53.0 Å². The monoisotopic (exact) mass is 477 g/mol. The van der Waals surface area contributed by atoms with Gasteiger partial charge in [-0.25, -0.2) is 0 Å². The van der Waals surface area contributed by atoms with Crippen LogP contribution in [0.25, 0.3) is 0 Å². The van der Waals surface area contributed by atoms with Gasteiger partial charge in [-0.15, -0.1) is 24.0 Å². The van der Waals surface area contributed by atoms with E-state index >= 15 is 0 Å². The second-order valence-electron chi connectivity index (χ2n) is 5.35. The third-order valence-corrected chi connectivity index (χ3v) is 5.05. The number of aliphatic imine (C=N–C) groups is 1. The Labute approximate surface area is 168 Å². The van der Waals surface area contributed by atoms with Crippen molar-refractivity contribution >= 4 is 53.3 Å². The summed E-state index contributed by atoms with van der Waals surface area (Å²) in [6.07, 6.45) is 3.72. The lowest BCUT2D eigenvalue weighted by Gasteiger charge is -2.27. The van der Waals surface area contributed by atoms with Crippen LogP contribution in [-0.2, 0) is 0 Å².